The Labute approximate surface area is 189 Å². The Bertz CT molecular complexity index is 979. The summed E-state index contributed by atoms with van der Waals surface area (Å²) in [6.07, 6.45) is 0. The van der Waals surface area contributed by atoms with Gasteiger partial charge in [-0.1, -0.05) is 37.6 Å². The van der Waals surface area contributed by atoms with Crippen molar-refractivity contribution < 1.29 is 17.9 Å². The average molecular weight is 468 g/mol. The molecule has 0 aliphatic heterocycles. The van der Waals surface area contributed by atoms with E-state index in [1.807, 2.05) is 43.3 Å². The van der Waals surface area contributed by atoms with E-state index in [9.17, 15) is 13.2 Å². The van der Waals surface area contributed by atoms with E-state index < -0.39 is 16.1 Å². The molecule has 2 rings (SSSR count). The van der Waals surface area contributed by atoms with Crippen molar-refractivity contribution in [3.8, 4) is 5.75 Å². The summed E-state index contributed by atoms with van der Waals surface area (Å²) in [7, 11) is 1.56. The summed E-state index contributed by atoms with van der Waals surface area (Å²) >= 11 is 5.84. The minimum atomic E-state index is -3.88. The fraction of sp³-hybridized carbons (Fsp3) is 0.409. The third-order valence-corrected chi connectivity index (χ3v) is 6.64. The summed E-state index contributed by atoms with van der Waals surface area (Å²) in [4.78, 5) is 15.0. The van der Waals surface area contributed by atoms with Crippen LogP contribution in [0.1, 0.15) is 25.5 Å². The van der Waals surface area contributed by atoms with Gasteiger partial charge in [0, 0.05) is 11.6 Å². The SMILES string of the molecule is COc1cccc([C@@H](CNC(=O)[C@H](NS(=O)(=O)c2ccc(Cl)cc2)C(C)C)N(C)C)c1. The molecule has 170 valence electrons. The summed E-state index contributed by atoms with van der Waals surface area (Å²) in [5.74, 6) is 0.0884. The highest BCUT2D eigenvalue weighted by molar-refractivity contribution is 7.89. The maximum atomic E-state index is 12.9. The molecule has 0 heterocycles. The van der Waals surface area contributed by atoms with Crippen LogP contribution < -0.4 is 14.8 Å². The molecule has 0 aliphatic carbocycles. The number of amides is 1. The Morgan fingerprint density at radius 1 is 1.13 bits per heavy atom. The van der Waals surface area contributed by atoms with Crippen molar-refractivity contribution in [3.63, 3.8) is 0 Å². The Balaban J connectivity index is 2.14. The molecule has 0 aliphatic rings. The van der Waals surface area contributed by atoms with E-state index in [2.05, 4.69) is 10.0 Å². The van der Waals surface area contributed by atoms with Crippen molar-refractivity contribution in [1.29, 1.82) is 0 Å². The standard InChI is InChI=1S/C22H30ClN3O4S/c1-15(2)21(25-31(28,29)19-11-9-17(23)10-12-19)22(27)24-14-20(26(3)4)16-7-6-8-18(13-16)30-5/h6-13,15,20-21,25H,14H2,1-5H3,(H,24,27)/t20-,21-/m1/s1. The average Bonchev–Trinajstić information content (AvgIpc) is 2.72. The van der Waals surface area contributed by atoms with Crippen molar-refractivity contribution in [1.82, 2.24) is 14.9 Å². The lowest BCUT2D eigenvalue weighted by Crippen LogP contribution is -2.50. The number of halogens is 1. The molecule has 0 spiro atoms. The van der Waals surface area contributed by atoms with Crippen LogP contribution in [-0.4, -0.2) is 53.0 Å². The number of methoxy groups -OCH3 is 1. The zero-order valence-electron chi connectivity index (χ0n) is 18.4. The lowest BCUT2D eigenvalue weighted by molar-refractivity contribution is -0.123. The van der Waals surface area contributed by atoms with Crippen LogP contribution >= 0.6 is 11.6 Å². The molecule has 2 aromatic carbocycles. The van der Waals surface area contributed by atoms with Crippen LogP contribution in [0.2, 0.25) is 5.02 Å². The largest absolute Gasteiger partial charge is 0.497 e. The first-order chi connectivity index (χ1) is 14.5. The Morgan fingerprint density at radius 3 is 2.32 bits per heavy atom. The van der Waals surface area contributed by atoms with E-state index >= 15 is 0 Å². The van der Waals surface area contributed by atoms with E-state index in [4.69, 9.17) is 16.3 Å². The number of hydrogen-bond donors (Lipinski definition) is 2. The van der Waals surface area contributed by atoms with E-state index in [0.29, 0.717) is 11.6 Å². The maximum Gasteiger partial charge on any atom is 0.241 e. The van der Waals surface area contributed by atoms with E-state index in [-0.39, 0.29) is 22.8 Å². The molecule has 2 aromatic rings. The van der Waals surface area contributed by atoms with Gasteiger partial charge in [-0.05, 0) is 62.0 Å². The van der Waals surface area contributed by atoms with Gasteiger partial charge >= 0.3 is 0 Å². The summed E-state index contributed by atoms with van der Waals surface area (Å²) in [6.45, 7) is 3.89. The number of rotatable bonds is 10. The van der Waals surface area contributed by atoms with E-state index in [0.717, 1.165) is 11.3 Å². The van der Waals surface area contributed by atoms with Crippen molar-refractivity contribution in [2.45, 2.75) is 30.8 Å². The lowest BCUT2D eigenvalue weighted by atomic mass is 10.0. The van der Waals surface area contributed by atoms with Gasteiger partial charge in [-0.3, -0.25) is 4.79 Å². The van der Waals surface area contributed by atoms with Gasteiger partial charge in [0.15, 0.2) is 0 Å². The molecule has 0 bridgehead atoms. The summed E-state index contributed by atoms with van der Waals surface area (Å²) < 4.78 is 33.3. The number of likely N-dealkylation sites (N-methyl/N-ethyl adjacent to an activating group) is 1. The number of benzene rings is 2. The van der Waals surface area contributed by atoms with Gasteiger partial charge in [0.05, 0.1) is 18.0 Å². The summed E-state index contributed by atoms with van der Waals surface area (Å²) in [5.41, 5.74) is 0.979. The zero-order valence-corrected chi connectivity index (χ0v) is 20.0. The number of nitrogens with zero attached hydrogens (tertiary/aromatic N) is 1. The molecule has 0 fully saturated rings. The highest BCUT2D eigenvalue weighted by atomic mass is 35.5. The van der Waals surface area contributed by atoms with Crippen molar-refractivity contribution in [2.24, 2.45) is 5.92 Å². The number of carbonyl (C=O) groups is 1. The van der Waals surface area contributed by atoms with Gasteiger partial charge in [0.25, 0.3) is 0 Å². The molecule has 1 amide bonds. The smallest absolute Gasteiger partial charge is 0.241 e. The van der Waals surface area contributed by atoms with Gasteiger partial charge in [0.1, 0.15) is 11.8 Å². The molecule has 0 radical (unpaired) electrons. The number of hydrogen-bond acceptors (Lipinski definition) is 5. The second-order valence-electron chi connectivity index (χ2n) is 7.80. The first kappa shape index (κ1) is 25.1. The predicted octanol–water partition coefficient (Wildman–Crippen LogP) is 3.07. The van der Waals surface area contributed by atoms with Crippen LogP contribution in [0.5, 0.6) is 5.75 Å². The molecular formula is C22H30ClN3O4S. The molecule has 0 saturated heterocycles. The maximum absolute atomic E-state index is 12.9. The van der Waals surface area contributed by atoms with E-state index in [1.54, 1.807) is 21.0 Å². The van der Waals surface area contributed by atoms with Gasteiger partial charge in [-0.25, -0.2) is 8.42 Å². The normalized spacial score (nSPS) is 13.8. The Morgan fingerprint density at radius 2 is 1.77 bits per heavy atom. The number of sulfonamides is 1. The molecule has 0 unspecified atom stereocenters. The van der Waals surface area contributed by atoms with Crippen LogP contribution in [0.3, 0.4) is 0 Å². The van der Waals surface area contributed by atoms with Gasteiger partial charge < -0.3 is 15.0 Å². The second kappa shape index (κ2) is 10.9. The topological polar surface area (TPSA) is 87.7 Å². The molecule has 0 saturated carbocycles. The van der Waals surface area contributed by atoms with Crippen molar-refractivity contribution >= 4 is 27.5 Å². The van der Waals surface area contributed by atoms with Gasteiger partial charge in [-0.2, -0.15) is 4.72 Å². The highest BCUT2D eigenvalue weighted by Crippen LogP contribution is 2.22. The first-order valence-electron chi connectivity index (χ1n) is 9.91. The fourth-order valence-electron chi connectivity index (χ4n) is 3.10. The second-order valence-corrected chi connectivity index (χ2v) is 9.95. The Hall–Kier alpha value is -2.13. The molecule has 31 heavy (non-hydrogen) atoms. The molecule has 2 N–H and O–H groups in total. The molecule has 7 nitrogen and oxygen atoms in total. The quantitative estimate of drug-likeness (QED) is 0.560. The van der Waals surface area contributed by atoms with Crippen LogP contribution in [-0.2, 0) is 14.8 Å². The summed E-state index contributed by atoms with van der Waals surface area (Å²) in [5, 5.41) is 3.33. The molecular weight excluding hydrogens is 438 g/mol. The van der Waals surface area contributed by atoms with Crippen LogP contribution in [0.4, 0.5) is 0 Å². The lowest BCUT2D eigenvalue weighted by Gasteiger charge is -2.27. The van der Waals surface area contributed by atoms with Crippen LogP contribution in [0.25, 0.3) is 0 Å². The molecule has 9 heteroatoms. The highest BCUT2D eigenvalue weighted by Gasteiger charge is 2.29. The first-order valence-corrected chi connectivity index (χ1v) is 11.8. The van der Waals surface area contributed by atoms with Crippen molar-refractivity contribution in [3.05, 3.63) is 59.1 Å². The summed E-state index contributed by atoms with van der Waals surface area (Å²) in [6, 6.07) is 12.4. The Kier molecular flexibility index (Phi) is 8.88. The number of nitrogens with one attached hydrogen (secondary N) is 2. The van der Waals surface area contributed by atoms with Gasteiger partial charge in [0.2, 0.25) is 15.9 Å². The monoisotopic (exact) mass is 467 g/mol. The molecule has 0 aromatic heterocycles. The zero-order chi connectivity index (χ0) is 23.2. The third kappa shape index (κ3) is 6.93. The number of carbonyl (C=O) groups excluding carboxylic acids is 1. The predicted molar refractivity (Wildman–Crippen MR) is 123 cm³/mol. The van der Waals surface area contributed by atoms with E-state index in [1.165, 1.54) is 24.3 Å². The van der Waals surface area contributed by atoms with Crippen molar-refractivity contribution in [2.75, 3.05) is 27.7 Å². The van der Waals surface area contributed by atoms with Crippen LogP contribution in [0, 0.1) is 5.92 Å². The molecule has 2 atom stereocenters. The van der Waals surface area contributed by atoms with Gasteiger partial charge in [-0.15, -0.1) is 0 Å². The van der Waals surface area contributed by atoms with Crippen LogP contribution in [0.15, 0.2) is 53.4 Å². The minimum absolute atomic E-state index is 0.0536. The minimum Gasteiger partial charge on any atom is -0.497 e. The third-order valence-electron chi connectivity index (χ3n) is 4.93. The number of ether oxygens (including phenoxy) is 1. The fourth-order valence-corrected chi connectivity index (χ4v) is 4.57.